The third kappa shape index (κ3) is 3.77. The highest BCUT2D eigenvalue weighted by molar-refractivity contribution is 9.10. The maximum Gasteiger partial charge on any atom is 0.329 e. The Morgan fingerprint density at radius 3 is 2.75 bits per heavy atom. The number of ether oxygens (including phenoxy) is 1. The smallest absolute Gasteiger partial charge is 0.329 e. The molecule has 0 radical (unpaired) electrons. The van der Waals surface area contributed by atoms with Crippen molar-refractivity contribution >= 4 is 27.8 Å². The molecule has 2 rings (SSSR count). The molecule has 0 bridgehead atoms. The van der Waals surface area contributed by atoms with Gasteiger partial charge in [-0.25, -0.2) is 9.78 Å². The van der Waals surface area contributed by atoms with Crippen LogP contribution in [0.25, 0.3) is 0 Å². The lowest BCUT2D eigenvalue weighted by Gasteiger charge is -2.31. The quantitative estimate of drug-likeness (QED) is 0.839. The summed E-state index contributed by atoms with van der Waals surface area (Å²) >= 11 is 3.27. The van der Waals surface area contributed by atoms with Gasteiger partial charge in [0.05, 0.1) is 11.7 Å². The Morgan fingerprint density at radius 2 is 2.15 bits per heavy atom. The summed E-state index contributed by atoms with van der Waals surface area (Å²) in [6, 6.07) is 3.45. The van der Waals surface area contributed by atoms with Gasteiger partial charge in [0.25, 0.3) is 5.91 Å². The van der Waals surface area contributed by atoms with Gasteiger partial charge in [-0.2, -0.15) is 0 Å². The Labute approximate surface area is 124 Å². The summed E-state index contributed by atoms with van der Waals surface area (Å²) in [5.74, 6) is -1.04. The molecule has 1 amide bonds. The number of aromatic nitrogens is 1. The molecule has 20 heavy (non-hydrogen) atoms. The number of amides is 1. The van der Waals surface area contributed by atoms with Crippen molar-refractivity contribution in [2.75, 3.05) is 19.7 Å². The van der Waals surface area contributed by atoms with Crippen LogP contribution in [0.2, 0.25) is 0 Å². The zero-order valence-electron chi connectivity index (χ0n) is 10.8. The molecule has 1 aliphatic heterocycles. The number of hydrogen-bond donors (Lipinski definition) is 1. The summed E-state index contributed by atoms with van der Waals surface area (Å²) in [7, 11) is 0. The van der Waals surface area contributed by atoms with E-state index < -0.39 is 5.97 Å². The van der Waals surface area contributed by atoms with Crippen molar-refractivity contribution in [3.8, 4) is 0 Å². The average Bonchev–Trinajstić information content (AvgIpc) is 2.45. The van der Waals surface area contributed by atoms with Gasteiger partial charge in [0.2, 0.25) is 0 Å². The number of carbonyl (C=O) groups excluding carboxylic acids is 1. The van der Waals surface area contributed by atoms with Crippen LogP contribution in [0.3, 0.4) is 0 Å². The lowest BCUT2D eigenvalue weighted by atomic mass is 10.1. The van der Waals surface area contributed by atoms with E-state index in [2.05, 4.69) is 20.9 Å². The van der Waals surface area contributed by atoms with E-state index in [0.717, 1.165) is 0 Å². The summed E-state index contributed by atoms with van der Waals surface area (Å²) in [4.78, 5) is 28.5. The van der Waals surface area contributed by atoms with Crippen LogP contribution in [-0.2, 0) is 9.53 Å². The van der Waals surface area contributed by atoms with E-state index in [9.17, 15) is 9.59 Å². The standard InChI is InChI=1S/C13H15BrN2O4/c14-12-10(2-1-5-15-12)13(19)16-6-3-9(4-7-16)20-8-11(17)18/h1-2,5,9H,3-4,6-8H2,(H,17,18). The normalized spacial score (nSPS) is 16.1. The highest BCUT2D eigenvalue weighted by Gasteiger charge is 2.25. The highest BCUT2D eigenvalue weighted by Crippen LogP contribution is 2.19. The number of pyridine rings is 1. The lowest BCUT2D eigenvalue weighted by molar-refractivity contribution is -0.145. The molecular formula is C13H15BrN2O4. The Hall–Kier alpha value is -1.47. The number of hydrogen-bond acceptors (Lipinski definition) is 4. The van der Waals surface area contributed by atoms with Crippen molar-refractivity contribution in [3.05, 3.63) is 28.5 Å². The van der Waals surface area contributed by atoms with Gasteiger partial charge in [-0.3, -0.25) is 4.79 Å². The van der Waals surface area contributed by atoms with Crippen molar-refractivity contribution in [2.45, 2.75) is 18.9 Å². The van der Waals surface area contributed by atoms with Crippen LogP contribution >= 0.6 is 15.9 Å². The zero-order valence-corrected chi connectivity index (χ0v) is 12.4. The molecule has 1 saturated heterocycles. The van der Waals surface area contributed by atoms with Crippen molar-refractivity contribution < 1.29 is 19.4 Å². The van der Waals surface area contributed by atoms with Gasteiger partial charge in [0, 0.05) is 19.3 Å². The fourth-order valence-electron chi connectivity index (χ4n) is 2.13. The minimum absolute atomic E-state index is 0.0679. The summed E-state index contributed by atoms with van der Waals surface area (Å²) in [6.07, 6.45) is 2.83. The second kappa shape index (κ2) is 6.81. The molecule has 1 aromatic heterocycles. The maximum atomic E-state index is 12.3. The van der Waals surface area contributed by atoms with Gasteiger partial charge in [-0.15, -0.1) is 0 Å². The van der Waals surface area contributed by atoms with Gasteiger partial charge in [0.1, 0.15) is 11.2 Å². The van der Waals surface area contributed by atoms with E-state index in [1.807, 2.05) is 0 Å². The first-order valence-corrected chi connectivity index (χ1v) is 7.10. The van der Waals surface area contributed by atoms with Gasteiger partial charge < -0.3 is 14.7 Å². The molecule has 0 atom stereocenters. The number of halogens is 1. The molecule has 1 aromatic rings. The molecule has 1 aliphatic rings. The minimum Gasteiger partial charge on any atom is -0.480 e. The van der Waals surface area contributed by atoms with E-state index in [4.69, 9.17) is 9.84 Å². The monoisotopic (exact) mass is 342 g/mol. The van der Waals surface area contributed by atoms with Gasteiger partial charge in [-0.05, 0) is 40.9 Å². The van der Waals surface area contributed by atoms with Crippen molar-refractivity contribution in [1.82, 2.24) is 9.88 Å². The number of aliphatic carboxylic acids is 1. The molecular weight excluding hydrogens is 328 g/mol. The van der Waals surface area contributed by atoms with Crippen LogP contribution in [0, 0.1) is 0 Å². The van der Waals surface area contributed by atoms with E-state index in [-0.39, 0.29) is 18.6 Å². The molecule has 0 spiro atoms. The largest absolute Gasteiger partial charge is 0.480 e. The third-order valence-electron chi connectivity index (χ3n) is 3.16. The van der Waals surface area contributed by atoms with E-state index in [1.54, 1.807) is 23.2 Å². The molecule has 108 valence electrons. The fourth-order valence-corrected chi connectivity index (χ4v) is 2.55. The lowest BCUT2D eigenvalue weighted by Crippen LogP contribution is -2.41. The summed E-state index contributed by atoms with van der Waals surface area (Å²) < 4.78 is 5.78. The molecule has 1 fully saturated rings. The average molecular weight is 343 g/mol. The zero-order chi connectivity index (χ0) is 14.5. The summed E-state index contributed by atoms with van der Waals surface area (Å²) in [5.41, 5.74) is 0.539. The van der Waals surface area contributed by atoms with Crippen LogP contribution in [-0.4, -0.2) is 52.7 Å². The first kappa shape index (κ1) is 14.9. The fraction of sp³-hybridized carbons (Fsp3) is 0.462. The summed E-state index contributed by atoms with van der Waals surface area (Å²) in [5, 5.41) is 8.56. The first-order chi connectivity index (χ1) is 9.58. The SMILES string of the molecule is O=C(O)COC1CCN(C(=O)c2cccnc2Br)CC1. The number of piperidine rings is 1. The van der Waals surface area contributed by atoms with Crippen LogP contribution in [0.4, 0.5) is 0 Å². The molecule has 2 heterocycles. The van der Waals surface area contributed by atoms with Crippen LogP contribution in [0.5, 0.6) is 0 Å². The van der Waals surface area contributed by atoms with Gasteiger partial charge >= 0.3 is 5.97 Å². The number of carboxylic acid groups (broad SMARTS) is 1. The van der Waals surface area contributed by atoms with Crippen molar-refractivity contribution in [1.29, 1.82) is 0 Å². The van der Waals surface area contributed by atoms with Crippen LogP contribution in [0.15, 0.2) is 22.9 Å². The summed E-state index contributed by atoms with van der Waals surface area (Å²) in [6.45, 7) is 0.835. The number of likely N-dealkylation sites (tertiary alicyclic amines) is 1. The first-order valence-electron chi connectivity index (χ1n) is 6.31. The van der Waals surface area contributed by atoms with Crippen molar-refractivity contribution in [3.63, 3.8) is 0 Å². The molecule has 0 aliphatic carbocycles. The Kier molecular flexibility index (Phi) is 5.08. The number of carboxylic acids is 1. The van der Waals surface area contributed by atoms with E-state index in [0.29, 0.717) is 36.1 Å². The topological polar surface area (TPSA) is 79.7 Å². The number of nitrogens with zero attached hydrogens (tertiary/aromatic N) is 2. The number of rotatable bonds is 4. The van der Waals surface area contributed by atoms with Crippen LogP contribution in [0.1, 0.15) is 23.2 Å². The Morgan fingerprint density at radius 1 is 1.45 bits per heavy atom. The maximum absolute atomic E-state index is 12.3. The third-order valence-corrected chi connectivity index (χ3v) is 3.79. The van der Waals surface area contributed by atoms with Crippen molar-refractivity contribution in [2.24, 2.45) is 0 Å². The van der Waals surface area contributed by atoms with E-state index in [1.165, 1.54) is 0 Å². The number of carbonyl (C=O) groups is 2. The second-order valence-corrected chi connectivity index (χ2v) is 5.29. The second-order valence-electron chi connectivity index (χ2n) is 4.54. The molecule has 0 unspecified atom stereocenters. The predicted molar refractivity (Wildman–Crippen MR) is 74.5 cm³/mol. The molecule has 6 nitrogen and oxygen atoms in total. The predicted octanol–water partition coefficient (Wildman–Crippen LogP) is 1.55. The van der Waals surface area contributed by atoms with Gasteiger partial charge in [0.15, 0.2) is 0 Å². The van der Waals surface area contributed by atoms with Crippen LogP contribution < -0.4 is 0 Å². The van der Waals surface area contributed by atoms with Gasteiger partial charge in [-0.1, -0.05) is 0 Å². The Balaban J connectivity index is 1.89. The highest BCUT2D eigenvalue weighted by atomic mass is 79.9. The molecule has 0 saturated carbocycles. The molecule has 1 N–H and O–H groups in total. The minimum atomic E-state index is -0.970. The Bertz CT molecular complexity index is 501. The molecule has 7 heteroatoms. The van der Waals surface area contributed by atoms with E-state index >= 15 is 0 Å². The molecule has 0 aromatic carbocycles.